The van der Waals surface area contributed by atoms with Gasteiger partial charge in [0, 0.05) is 16.8 Å². The Bertz CT molecular complexity index is 1410. The van der Waals surface area contributed by atoms with Crippen LogP contribution in [0.5, 0.6) is 0 Å². The zero-order chi connectivity index (χ0) is 21.4. The van der Waals surface area contributed by atoms with E-state index in [1.165, 1.54) is 6.07 Å². The van der Waals surface area contributed by atoms with Crippen LogP contribution in [-0.4, -0.2) is 30.1 Å². The van der Waals surface area contributed by atoms with Gasteiger partial charge in [-0.05, 0) is 48.5 Å². The molecular weight excluding hydrogens is 414 g/mol. The van der Waals surface area contributed by atoms with Crippen LogP contribution in [0.25, 0.3) is 11.0 Å². The Hall–Kier alpha value is -3.98. The van der Waals surface area contributed by atoms with Crippen molar-refractivity contribution in [3.8, 4) is 0 Å². The van der Waals surface area contributed by atoms with Crippen LogP contribution in [0, 0.1) is 0 Å². The monoisotopic (exact) mass is 431 g/mol. The normalized spacial score (nSPS) is 14.1. The van der Waals surface area contributed by atoms with Crippen LogP contribution in [0.1, 0.15) is 21.7 Å². The lowest BCUT2D eigenvalue weighted by Gasteiger charge is -2.08. The number of sulfonamides is 1. The van der Waals surface area contributed by atoms with Crippen molar-refractivity contribution in [2.75, 3.05) is 5.32 Å². The van der Waals surface area contributed by atoms with E-state index in [9.17, 15) is 13.2 Å². The SMILES string of the molecule is O=C(NCc1nc2ccccc2[nH]1)c1ccc(NC2=NS(=O)(=O)c3ccccc32)cc1. The molecule has 1 aliphatic rings. The van der Waals surface area contributed by atoms with Crippen LogP contribution in [0.2, 0.25) is 0 Å². The number of benzene rings is 3. The van der Waals surface area contributed by atoms with E-state index < -0.39 is 10.0 Å². The van der Waals surface area contributed by atoms with Crippen molar-refractivity contribution in [2.24, 2.45) is 4.40 Å². The number of carbonyl (C=O) groups excluding carboxylic acids is 1. The van der Waals surface area contributed by atoms with Gasteiger partial charge in [-0.25, -0.2) is 4.98 Å². The topological polar surface area (TPSA) is 116 Å². The van der Waals surface area contributed by atoms with Crippen LogP contribution in [0.15, 0.2) is 82.1 Å². The molecule has 2 heterocycles. The maximum absolute atomic E-state index is 12.5. The smallest absolute Gasteiger partial charge is 0.285 e. The number of aromatic amines is 1. The predicted octanol–water partition coefficient (Wildman–Crippen LogP) is 3.05. The Labute approximate surface area is 178 Å². The number of imidazole rings is 1. The van der Waals surface area contributed by atoms with Gasteiger partial charge in [0.1, 0.15) is 10.7 Å². The first-order chi connectivity index (χ1) is 15.0. The van der Waals surface area contributed by atoms with E-state index in [2.05, 4.69) is 25.0 Å². The first-order valence-electron chi connectivity index (χ1n) is 9.53. The fourth-order valence-electron chi connectivity index (χ4n) is 3.39. The van der Waals surface area contributed by atoms with Crippen LogP contribution >= 0.6 is 0 Å². The van der Waals surface area contributed by atoms with Gasteiger partial charge in [-0.3, -0.25) is 4.79 Å². The molecule has 154 valence electrons. The number of hydrogen-bond donors (Lipinski definition) is 3. The number of nitrogens with zero attached hydrogens (tertiary/aromatic N) is 2. The molecule has 1 aliphatic heterocycles. The largest absolute Gasteiger partial charge is 0.345 e. The minimum absolute atomic E-state index is 0.180. The fourth-order valence-corrected chi connectivity index (χ4v) is 4.57. The van der Waals surface area contributed by atoms with Gasteiger partial charge in [-0.15, -0.1) is 4.40 Å². The number of carbonyl (C=O) groups is 1. The second-order valence-corrected chi connectivity index (χ2v) is 8.57. The fraction of sp³-hybridized carbons (Fsp3) is 0.0455. The molecule has 0 bridgehead atoms. The summed E-state index contributed by atoms with van der Waals surface area (Å²) in [5.41, 5.74) is 3.39. The van der Waals surface area contributed by atoms with Gasteiger partial charge in [0.15, 0.2) is 5.84 Å². The van der Waals surface area contributed by atoms with E-state index in [4.69, 9.17) is 0 Å². The molecule has 5 rings (SSSR count). The molecule has 0 radical (unpaired) electrons. The van der Waals surface area contributed by atoms with Gasteiger partial charge in [-0.2, -0.15) is 8.42 Å². The van der Waals surface area contributed by atoms with Crippen molar-refractivity contribution >= 4 is 38.5 Å². The quantitative estimate of drug-likeness (QED) is 0.459. The summed E-state index contributed by atoms with van der Waals surface area (Å²) in [6.07, 6.45) is 0. The molecular formula is C22H17N5O3S. The van der Waals surface area contributed by atoms with E-state index >= 15 is 0 Å². The van der Waals surface area contributed by atoms with E-state index in [0.29, 0.717) is 22.6 Å². The zero-order valence-electron chi connectivity index (χ0n) is 16.2. The van der Waals surface area contributed by atoms with Gasteiger partial charge in [0.25, 0.3) is 15.9 Å². The third-order valence-corrected chi connectivity index (χ3v) is 6.23. The number of H-pyrrole nitrogens is 1. The third-order valence-electron chi connectivity index (χ3n) is 4.90. The number of hydrogen-bond acceptors (Lipinski definition) is 5. The van der Waals surface area contributed by atoms with E-state index in [-0.39, 0.29) is 23.2 Å². The first-order valence-corrected chi connectivity index (χ1v) is 11.0. The van der Waals surface area contributed by atoms with E-state index in [1.54, 1.807) is 42.5 Å². The standard InChI is InChI=1S/C22H17N5O3S/c28-22(23-13-20-25-17-6-2-3-7-18(17)26-20)14-9-11-15(12-10-14)24-21-16-5-1-4-8-19(16)31(29,30)27-21/h1-12H,13H2,(H,23,28)(H,24,27)(H,25,26). The van der Waals surface area contributed by atoms with Crippen molar-refractivity contribution in [2.45, 2.75) is 11.4 Å². The molecule has 0 saturated heterocycles. The summed E-state index contributed by atoms with van der Waals surface area (Å²) in [5.74, 6) is 0.697. The van der Waals surface area contributed by atoms with E-state index in [0.717, 1.165) is 11.0 Å². The Morgan fingerprint density at radius 1 is 0.935 bits per heavy atom. The Morgan fingerprint density at radius 2 is 1.68 bits per heavy atom. The average molecular weight is 431 g/mol. The van der Waals surface area contributed by atoms with Crippen molar-refractivity contribution in [3.05, 3.63) is 89.7 Å². The summed E-state index contributed by atoms with van der Waals surface area (Å²) in [7, 11) is -3.69. The second kappa shape index (κ2) is 7.37. The molecule has 0 fully saturated rings. The van der Waals surface area contributed by atoms with Gasteiger partial charge in [-0.1, -0.05) is 24.3 Å². The summed E-state index contributed by atoms with van der Waals surface area (Å²) in [4.78, 5) is 20.2. The number of fused-ring (bicyclic) bond motifs is 2. The van der Waals surface area contributed by atoms with Crippen molar-refractivity contribution in [1.29, 1.82) is 0 Å². The third kappa shape index (κ3) is 3.66. The van der Waals surface area contributed by atoms with Gasteiger partial charge in [0.05, 0.1) is 17.6 Å². The number of anilines is 1. The summed E-state index contributed by atoms with van der Waals surface area (Å²) in [5, 5.41) is 5.85. The molecule has 0 atom stereocenters. The van der Waals surface area contributed by atoms with Gasteiger partial charge in [0.2, 0.25) is 0 Å². The summed E-state index contributed by atoms with van der Waals surface area (Å²) >= 11 is 0. The maximum Gasteiger partial charge on any atom is 0.285 e. The number of amides is 1. The minimum Gasteiger partial charge on any atom is -0.345 e. The van der Waals surface area contributed by atoms with Crippen LogP contribution in [0.4, 0.5) is 5.69 Å². The zero-order valence-corrected chi connectivity index (χ0v) is 17.0. The summed E-state index contributed by atoms with van der Waals surface area (Å²) in [6, 6.07) is 21.0. The average Bonchev–Trinajstić information content (AvgIpc) is 3.31. The molecule has 8 nitrogen and oxygen atoms in total. The number of para-hydroxylation sites is 2. The van der Waals surface area contributed by atoms with Gasteiger partial charge < -0.3 is 15.6 Å². The molecule has 1 amide bonds. The van der Waals surface area contributed by atoms with Crippen LogP contribution < -0.4 is 10.6 Å². The Morgan fingerprint density at radius 3 is 2.48 bits per heavy atom. The highest BCUT2D eigenvalue weighted by molar-refractivity contribution is 7.90. The highest BCUT2D eigenvalue weighted by atomic mass is 32.2. The lowest BCUT2D eigenvalue weighted by molar-refractivity contribution is 0.0950. The molecule has 0 aliphatic carbocycles. The molecule has 3 N–H and O–H groups in total. The predicted molar refractivity (Wildman–Crippen MR) is 117 cm³/mol. The highest BCUT2D eigenvalue weighted by Gasteiger charge is 2.28. The maximum atomic E-state index is 12.5. The molecule has 0 unspecified atom stereocenters. The summed E-state index contributed by atoms with van der Waals surface area (Å²) < 4.78 is 28.1. The number of amidine groups is 1. The molecule has 0 spiro atoms. The Balaban J connectivity index is 1.26. The van der Waals surface area contributed by atoms with Crippen molar-refractivity contribution in [3.63, 3.8) is 0 Å². The number of nitrogens with one attached hydrogen (secondary N) is 3. The van der Waals surface area contributed by atoms with Crippen LogP contribution in [-0.2, 0) is 16.6 Å². The number of aromatic nitrogens is 2. The van der Waals surface area contributed by atoms with Crippen molar-refractivity contribution < 1.29 is 13.2 Å². The molecule has 3 aromatic carbocycles. The number of rotatable bonds is 4. The molecule has 9 heteroatoms. The minimum atomic E-state index is -3.69. The Kier molecular flexibility index (Phi) is 4.52. The summed E-state index contributed by atoms with van der Waals surface area (Å²) in [6.45, 7) is 0.277. The first kappa shape index (κ1) is 19.0. The van der Waals surface area contributed by atoms with E-state index in [1.807, 2.05) is 24.3 Å². The van der Waals surface area contributed by atoms with Crippen LogP contribution in [0.3, 0.4) is 0 Å². The van der Waals surface area contributed by atoms with Gasteiger partial charge >= 0.3 is 0 Å². The molecule has 0 saturated carbocycles. The lowest BCUT2D eigenvalue weighted by Crippen LogP contribution is -2.23. The molecule has 4 aromatic rings. The highest BCUT2D eigenvalue weighted by Crippen LogP contribution is 2.26. The molecule has 31 heavy (non-hydrogen) atoms. The lowest BCUT2D eigenvalue weighted by atomic mass is 10.1. The second-order valence-electron chi connectivity index (χ2n) is 7.00. The molecule has 1 aromatic heterocycles. The van der Waals surface area contributed by atoms with Crippen molar-refractivity contribution in [1.82, 2.24) is 15.3 Å².